The maximum absolute atomic E-state index is 13.1. The van der Waals surface area contributed by atoms with E-state index in [4.69, 9.17) is 9.47 Å². The van der Waals surface area contributed by atoms with Crippen LogP contribution in [-0.4, -0.2) is 48.5 Å². The number of methoxy groups -OCH3 is 1. The zero-order chi connectivity index (χ0) is 21.7. The standard InChI is InChI=1S/C22H31N3O5/c1-4-5-12-30-18-10-9-16(29-3)13-17(18)23-19(26)14-25-20(27)22(24-21(25)28)11-7-6-8-15(22)2/h9-10,13,15H,4-8,11-12,14H2,1-3H3,(H,23,26)(H,24,28). The lowest BCUT2D eigenvalue weighted by Crippen LogP contribution is -2.54. The first-order valence-electron chi connectivity index (χ1n) is 10.7. The molecule has 2 fully saturated rings. The van der Waals surface area contributed by atoms with E-state index < -0.39 is 17.5 Å². The lowest BCUT2D eigenvalue weighted by Gasteiger charge is -2.36. The molecule has 1 aromatic carbocycles. The predicted octanol–water partition coefficient (Wildman–Crippen LogP) is 3.31. The second kappa shape index (κ2) is 9.36. The van der Waals surface area contributed by atoms with Crippen molar-refractivity contribution in [1.82, 2.24) is 10.2 Å². The number of nitrogens with zero attached hydrogens (tertiary/aromatic N) is 1. The second-order valence-corrected chi connectivity index (χ2v) is 8.05. The van der Waals surface area contributed by atoms with Gasteiger partial charge >= 0.3 is 6.03 Å². The van der Waals surface area contributed by atoms with Gasteiger partial charge in [0, 0.05) is 6.07 Å². The molecule has 3 rings (SSSR count). The first kappa shape index (κ1) is 21.9. The highest BCUT2D eigenvalue weighted by Crippen LogP contribution is 2.38. The van der Waals surface area contributed by atoms with Gasteiger partial charge in [-0.15, -0.1) is 0 Å². The summed E-state index contributed by atoms with van der Waals surface area (Å²) in [5.74, 6) is 0.366. The minimum atomic E-state index is -0.875. The monoisotopic (exact) mass is 417 g/mol. The Hall–Kier alpha value is -2.77. The number of benzene rings is 1. The Kier molecular flexibility index (Phi) is 6.84. The number of carbonyl (C=O) groups excluding carboxylic acids is 3. The molecule has 2 unspecified atom stereocenters. The van der Waals surface area contributed by atoms with Crippen molar-refractivity contribution in [2.45, 2.75) is 57.9 Å². The van der Waals surface area contributed by atoms with Gasteiger partial charge in [-0.05, 0) is 37.3 Å². The molecule has 1 saturated carbocycles. The maximum atomic E-state index is 13.1. The molecule has 0 bridgehead atoms. The SMILES string of the molecule is CCCCOc1ccc(OC)cc1NC(=O)CN1C(=O)NC2(CCCCC2C)C1=O. The summed E-state index contributed by atoms with van der Waals surface area (Å²) in [5, 5.41) is 5.63. The fraction of sp³-hybridized carbons (Fsp3) is 0.591. The minimum absolute atomic E-state index is 0.0488. The quantitative estimate of drug-likeness (QED) is 0.500. The van der Waals surface area contributed by atoms with Crippen LogP contribution in [0.15, 0.2) is 18.2 Å². The van der Waals surface area contributed by atoms with Gasteiger partial charge in [-0.3, -0.25) is 14.5 Å². The van der Waals surface area contributed by atoms with Crippen LogP contribution in [0.2, 0.25) is 0 Å². The largest absolute Gasteiger partial charge is 0.497 e. The number of carbonyl (C=O) groups is 3. The number of imide groups is 1. The predicted molar refractivity (Wildman–Crippen MR) is 113 cm³/mol. The lowest BCUT2D eigenvalue weighted by atomic mass is 9.73. The third-order valence-electron chi connectivity index (χ3n) is 6.02. The molecule has 164 valence electrons. The van der Waals surface area contributed by atoms with E-state index in [9.17, 15) is 14.4 Å². The first-order valence-corrected chi connectivity index (χ1v) is 10.7. The van der Waals surface area contributed by atoms with Crippen molar-refractivity contribution in [3.05, 3.63) is 18.2 Å². The molecule has 1 aromatic rings. The molecule has 1 spiro atoms. The summed E-state index contributed by atoms with van der Waals surface area (Å²) in [6.07, 6.45) is 5.31. The Bertz CT molecular complexity index is 812. The van der Waals surface area contributed by atoms with Crippen molar-refractivity contribution in [2.75, 3.05) is 25.6 Å². The summed E-state index contributed by atoms with van der Waals surface area (Å²) < 4.78 is 11.0. The zero-order valence-electron chi connectivity index (χ0n) is 18.0. The molecule has 2 aliphatic rings. The molecule has 30 heavy (non-hydrogen) atoms. The van der Waals surface area contributed by atoms with E-state index in [0.29, 0.717) is 30.2 Å². The number of nitrogens with one attached hydrogen (secondary N) is 2. The van der Waals surface area contributed by atoms with E-state index >= 15 is 0 Å². The van der Waals surface area contributed by atoms with Crippen LogP contribution < -0.4 is 20.1 Å². The lowest BCUT2D eigenvalue weighted by molar-refractivity contribution is -0.136. The smallest absolute Gasteiger partial charge is 0.325 e. The van der Waals surface area contributed by atoms with Crippen LogP contribution >= 0.6 is 0 Å². The van der Waals surface area contributed by atoms with Crippen LogP contribution in [0.4, 0.5) is 10.5 Å². The highest BCUT2D eigenvalue weighted by Gasteiger charge is 2.55. The first-order chi connectivity index (χ1) is 14.4. The van der Waals surface area contributed by atoms with Gasteiger partial charge in [-0.1, -0.05) is 33.1 Å². The molecule has 2 atom stereocenters. The highest BCUT2D eigenvalue weighted by atomic mass is 16.5. The van der Waals surface area contributed by atoms with Crippen LogP contribution in [-0.2, 0) is 9.59 Å². The van der Waals surface area contributed by atoms with E-state index in [1.165, 1.54) is 7.11 Å². The van der Waals surface area contributed by atoms with Crippen LogP contribution in [0.3, 0.4) is 0 Å². The van der Waals surface area contributed by atoms with Crippen LogP contribution in [0, 0.1) is 5.92 Å². The topological polar surface area (TPSA) is 97.0 Å². The molecule has 4 amide bonds. The molecular formula is C22H31N3O5. The van der Waals surface area contributed by atoms with Crippen molar-refractivity contribution in [3.8, 4) is 11.5 Å². The Labute approximate surface area is 177 Å². The van der Waals surface area contributed by atoms with Gasteiger partial charge in [-0.2, -0.15) is 0 Å². The van der Waals surface area contributed by atoms with Crippen molar-refractivity contribution < 1.29 is 23.9 Å². The third-order valence-corrected chi connectivity index (χ3v) is 6.02. The summed E-state index contributed by atoms with van der Waals surface area (Å²) in [6.45, 7) is 4.24. The molecule has 2 N–H and O–H groups in total. The molecule has 8 heteroatoms. The Balaban J connectivity index is 1.71. The van der Waals surface area contributed by atoms with Gasteiger partial charge < -0.3 is 20.1 Å². The second-order valence-electron chi connectivity index (χ2n) is 8.05. The van der Waals surface area contributed by atoms with Crippen molar-refractivity contribution in [1.29, 1.82) is 0 Å². The van der Waals surface area contributed by atoms with E-state index in [2.05, 4.69) is 17.6 Å². The van der Waals surface area contributed by atoms with Crippen LogP contribution in [0.25, 0.3) is 0 Å². The summed E-state index contributed by atoms with van der Waals surface area (Å²) in [7, 11) is 1.54. The summed E-state index contributed by atoms with van der Waals surface area (Å²) in [5.41, 5.74) is -0.428. The van der Waals surface area contributed by atoms with E-state index in [0.717, 1.165) is 37.0 Å². The number of hydrogen-bond acceptors (Lipinski definition) is 5. The summed E-state index contributed by atoms with van der Waals surface area (Å²) in [4.78, 5) is 39.3. The van der Waals surface area contributed by atoms with Crippen LogP contribution in [0.1, 0.15) is 52.4 Å². The zero-order valence-corrected chi connectivity index (χ0v) is 18.0. The number of amides is 4. The maximum Gasteiger partial charge on any atom is 0.325 e. The Morgan fingerprint density at radius 3 is 2.83 bits per heavy atom. The normalized spacial score (nSPS) is 23.4. The average Bonchev–Trinajstić information content (AvgIpc) is 2.96. The fourth-order valence-corrected chi connectivity index (χ4v) is 4.16. The minimum Gasteiger partial charge on any atom is -0.497 e. The van der Waals surface area contributed by atoms with E-state index in [1.807, 2.05) is 6.92 Å². The summed E-state index contributed by atoms with van der Waals surface area (Å²) in [6, 6.07) is 4.64. The number of unbranched alkanes of at least 4 members (excludes halogenated alkanes) is 1. The molecular weight excluding hydrogens is 386 g/mol. The molecule has 0 aromatic heterocycles. The van der Waals surface area contributed by atoms with E-state index in [1.54, 1.807) is 18.2 Å². The molecule has 1 aliphatic heterocycles. The Morgan fingerprint density at radius 1 is 1.33 bits per heavy atom. The fourth-order valence-electron chi connectivity index (χ4n) is 4.16. The van der Waals surface area contributed by atoms with Crippen molar-refractivity contribution in [2.24, 2.45) is 5.92 Å². The third kappa shape index (κ3) is 4.37. The van der Waals surface area contributed by atoms with Gasteiger partial charge in [0.1, 0.15) is 23.6 Å². The number of urea groups is 1. The highest BCUT2D eigenvalue weighted by molar-refractivity contribution is 6.10. The van der Waals surface area contributed by atoms with E-state index in [-0.39, 0.29) is 18.4 Å². The van der Waals surface area contributed by atoms with Crippen LogP contribution in [0.5, 0.6) is 11.5 Å². The molecule has 1 heterocycles. The number of rotatable bonds is 8. The van der Waals surface area contributed by atoms with Crippen molar-refractivity contribution >= 4 is 23.5 Å². The molecule has 1 saturated heterocycles. The van der Waals surface area contributed by atoms with Gasteiger partial charge in [0.05, 0.1) is 19.4 Å². The molecule has 8 nitrogen and oxygen atoms in total. The van der Waals surface area contributed by atoms with Crippen molar-refractivity contribution in [3.63, 3.8) is 0 Å². The molecule has 0 radical (unpaired) electrons. The average molecular weight is 418 g/mol. The number of anilines is 1. The van der Waals surface area contributed by atoms with Gasteiger partial charge in [0.25, 0.3) is 5.91 Å². The Morgan fingerprint density at radius 2 is 2.13 bits per heavy atom. The van der Waals surface area contributed by atoms with Gasteiger partial charge in [0.2, 0.25) is 5.91 Å². The number of hydrogen-bond donors (Lipinski definition) is 2. The summed E-state index contributed by atoms with van der Waals surface area (Å²) >= 11 is 0. The molecule has 1 aliphatic carbocycles. The number of ether oxygens (including phenoxy) is 2. The van der Waals surface area contributed by atoms with Gasteiger partial charge in [0.15, 0.2) is 0 Å². The van der Waals surface area contributed by atoms with Gasteiger partial charge in [-0.25, -0.2) is 4.79 Å².